The molecule has 2 aromatic rings. The number of nitrogens with two attached hydrogens (primary N) is 1. The number of carbonyl (C=O) groups is 1. The van der Waals surface area contributed by atoms with E-state index in [1.165, 1.54) is 13.2 Å². The lowest BCUT2D eigenvalue weighted by atomic mass is 10.1. The molecule has 0 fully saturated rings. The van der Waals surface area contributed by atoms with Crippen LogP contribution in [0.25, 0.3) is 0 Å². The van der Waals surface area contributed by atoms with Crippen molar-refractivity contribution in [1.82, 2.24) is 0 Å². The highest BCUT2D eigenvalue weighted by atomic mass is 19.1. The summed E-state index contributed by atoms with van der Waals surface area (Å²) in [6, 6.07) is 11.5. The van der Waals surface area contributed by atoms with Crippen LogP contribution < -0.4 is 15.8 Å². The fourth-order valence-electron chi connectivity index (χ4n) is 1.88. The van der Waals surface area contributed by atoms with Crippen molar-refractivity contribution in [3.8, 4) is 5.75 Å². The fraction of sp³-hybridized carbons (Fsp3) is 0.133. The highest BCUT2D eigenvalue weighted by Crippen LogP contribution is 2.22. The van der Waals surface area contributed by atoms with Crippen molar-refractivity contribution in [3.05, 3.63) is 59.4 Å². The SMILES string of the molecule is COc1cc(NCc2ccccc2C(N)=O)ccc1F. The quantitative estimate of drug-likeness (QED) is 0.880. The minimum atomic E-state index is -0.473. The number of carbonyl (C=O) groups excluding carboxylic acids is 1. The van der Waals surface area contributed by atoms with Crippen LogP contribution in [0.3, 0.4) is 0 Å². The molecule has 1 amide bonds. The first-order valence-corrected chi connectivity index (χ1v) is 6.07. The smallest absolute Gasteiger partial charge is 0.249 e. The Kier molecular flexibility index (Phi) is 4.20. The second-order valence-corrected chi connectivity index (χ2v) is 4.22. The third-order valence-corrected chi connectivity index (χ3v) is 2.92. The average Bonchev–Trinajstić information content (AvgIpc) is 2.46. The molecule has 0 heterocycles. The van der Waals surface area contributed by atoms with Crippen LogP contribution in [0, 0.1) is 5.82 Å². The number of ether oxygens (including phenoxy) is 1. The topological polar surface area (TPSA) is 64.3 Å². The van der Waals surface area contributed by atoms with Crippen molar-refractivity contribution in [2.45, 2.75) is 6.54 Å². The van der Waals surface area contributed by atoms with Gasteiger partial charge < -0.3 is 15.8 Å². The van der Waals surface area contributed by atoms with Crippen molar-refractivity contribution in [3.63, 3.8) is 0 Å². The zero-order valence-corrected chi connectivity index (χ0v) is 11.0. The van der Waals surface area contributed by atoms with Gasteiger partial charge in [-0.25, -0.2) is 4.39 Å². The lowest BCUT2D eigenvalue weighted by Crippen LogP contribution is -2.15. The molecule has 5 heteroatoms. The summed E-state index contributed by atoms with van der Waals surface area (Å²) in [5.41, 5.74) is 7.26. The van der Waals surface area contributed by atoms with Crippen molar-refractivity contribution < 1.29 is 13.9 Å². The number of primary amides is 1. The van der Waals surface area contributed by atoms with Crippen molar-refractivity contribution >= 4 is 11.6 Å². The molecule has 0 saturated carbocycles. The number of benzene rings is 2. The Morgan fingerprint density at radius 3 is 2.75 bits per heavy atom. The molecule has 2 aromatic carbocycles. The van der Waals surface area contributed by atoms with E-state index in [4.69, 9.17) is 10.5 Å². The molecule has 4 nitrogen and oxygen atoms in total. The van der Waals surface area contributed by atoms with Crippen LogP contribution in [0.15, 0.2) is 42.5 Å². The van der Waals surface area contributed by atoms with E-state index in [1.54, 1.807) is 24.3 Å². The van der Waals surface area contributed by atoms with Gasteiger partial charge in [0.1, 0.15) is 0 Å². The summed E-state index contributed by atoms with van der Waals surface area (Å²) in [4.78, 5) is 11.3. The van der Waals surface area contributed by atoms with Gasteiger partial charge in [-0.05, 0) is 23.8 Å². The number of halogens is 1. The van der Waals surface area contributed by atoms with Gasteiger partial charge in [-0.15, -0.1) is 0 Å². The summed E-state index contributed by atoms with van der Waals surface area (Å²) in [7, 11) is 1.41. The molecule has 0 aromatic heterocycles. The molecule has 2 rings (SSSR count). The van der Waals surface area contributed by atoms with E-state index in [2.05, 4.69) is 5.32 Å². The number of hydrogen-bond donors (Lipinski definition) is 2. The maximum atomic E-state index is 13.3. The summed E-state index contributed by atoms with van der Waals surface area (Å²) >= 11 is 0. The van der Waals surface area contributed by atoms with Crippen LogP contribution in [-0.4, -0.2) is 13.0 Å². The van der Waals surface area contributed by atoms with E-state index in [-0.39, 0.29) is 5.75 Å². The molecule has 0 radical (unpaired) electrons. The van der Waals surface area contributed by atoms with Gasteiger partial charge in [0.15, 0.2) is 11.6 Å². The van der Waals surface area contributed by atoms with E-state index in [9.17, 15) is 9.18 Å². The van der Waals surface area contributed by atoms with Gasteiger partial charge in [0.2, 0.25) is 5.91 Å². The summed E-state index contributed by atoms with van der Waals surface area (Å²) in [5, 5.41) is 3.10. The standard InChI is InChI=1S/C15H15FN2O2/c1-20-14-8-11(6-7-13(14)16)18-9-10-4-2-3-5-12(10)15(17)19/h2-8,18H,9H2,1H3,(H2,17,19). The highest BCUT2D eigenvalue weighted by molar-refractivity contribution is 5.94. The maximum absolute atomic E-state index is 13.3. The van der Waals surface area contributed by atoms with E-state index in [1.807, 2.05) is 12.1 Å². The second kappa shape index (κ2) is 6.06. The largest absolute Gasteiger partial charge is 0.494 e. The van der Waals surface area contributed by atoms with Crippen LogP contribution in [0.2, 0.25) is 0 Å². The molecule has 0 atom stereocenters. The predicted octanol–water partition coefficient (Wildman–Crippen LogP) is 2.55. The normalized spacial score (nSPS) is 10.1. The number of amides is 1. The number of nitrogens with one attached hydrogen (secondary N) is 1. The second-order valence-electron chi connectivity index (χ2n) is 4.22. The van der Waals surface area contributed by atoms with Crippen LogP contribution in [0.4, 0.5) is 10.1 Å². The predicted molar refractivity (Wildman–Crippen MR) is 75.2 cm³/mol. The average molecular weight is 274 g/mol. The van der Waals surface area contributed by atoms with Gasteiger partial charge in [0.05, 0.1) is 7.11 Å². The monoisotopic (exact) mass is 274 g/mol. The third kappa shape index (κ3) is 3.06. The van der Waals surface area contributed by atoms with E-state index >= 15 is 0 Å². The Morgan fingerprint density at radius 1 is 1.30 bits per heavy atom. The summed E-state index contributed by atoms with van der Waals surface area (Å²) in [5.74, 6) is -0.729. The Morgan fingerprint density at radius 2 is 2.05 bits per heavy atom. The van der Waals surface area contributed by atoms with Crippen LogP contribution in [0.5, 0.6) is 5.75 Å². The molecule has 0 bridgehead atoms. The van der Waals surface area contributed by atoms with Crippen molar-refractivity contribution in [1.29, 1.82) is 0 Å². The first-order chi connectivity index (χ1) is 9.61. The maximum Gasteiger partial charge on any atom is 0.249 e. The lowest BCUT2D eigenvalue weighted by molar-refractivity contribution is 0.0999. The van der Waals surface area contributed by atoms with Gasteiger partial charge >= 0.3 is 0 Å². The summed E-state index contributed by atoms with van der Waals surface area (Å²) < 4.78 is 18.2. The van der Waals surface area contributed by atoms with Gasteiger partial charge in [0.25, 0.3) is 0 Å². The van der Waals surface area contributed by atoms with Crippen molar-refractivity contribution in [2.75, 3.05) is 12.4 Å². The van der Waals surface area contributed by atoms with E-state index < -0.39 is 11.7 Å². The molecular formula is C15H15FN2O2. The molecule has 0 spiro atoms. The Bertz CT molecular complexity index is 629. The van der Waals surface area contributed by atoms with Crippen LogP contribution >= 0.6 is 0 Å². The van der Waals surface area contributed by atoms with Crippen LogP contribution in [-0.2, 0) is 6.54 Å². The Hall–Kier alpha value is -2.56. The minimum absolute atomic E-state index is 0.165. The van der Waals surface area contributed by atoms with Gasteiger partial charge in [-0.2, -0.15) is 0 Å². The fourth-order valence-corrected chi connectivity index (χ4v) is 1.88. The molecule has 104 valence electrons. The van der Waals surface area contributed by atoms with Gasteiger partial charge in [0, 0.05) is 23.9 Å². The van der Waals surface area contributed by atoms with Gasteiger partial charge in [-0.1, -0.05) is 18.2 Å². The number of rotatable bonds is 5. The van der Waals surface area contributed by atoms with Crippen molar-refractivity contribution in [2.24, 2.45) is 5.73 Å². The number of methoxy groups -OCH3 is 1. The van der Waals surface area contributed by atoms with Gasteiger partial charge in [-0.3, -0.25) is 4.79 Å². The Balaban J connectivity index is 2.15. The first-order valence-electron chi connectivity index (χ1n) is 6.07. The molecule has 0 unspecified atom stereocenters. The molecule has 20 heavy (non-hydrogen) atoms. The molecule has 0 aliphatic heterocycles. The first kappa shape index (κ1) is 13.9. The zero-order valence-electron chi connectivity index (χ0n) is 11.0. The molecule has 3 N–H and O–H groups in total. The lowest BCUT2D eigenvalue weighted by Gasteiger charge is -2.11. The molecule has 0 saturated heterocycles. The molecule has 0 aliphatic carbocycles. The Labute approximate surface area is 116 Å². The minimum Gasteiger partial charge on any atom is -0.494 e. The third-order valence-electron chi connectivity index (χ3n) is 2.92. The summed E-state index contributed by atoms with van der Waals surface area (Å²) in [6.45, 7) is 0.411. The molecule has 0 aliphatic rings. The summed E-state index contributed by atoms with van der Waals surface area (Å²) in [6.07, 6.45) is 0. The van der Waals surface area contributed by atoms with E-state index in [0.29, 0.717) is 17.8 Å². The highest BCUT2D eigenvalue weighted by Gasteiger charge is 2.07. The number of hydrogen-bond acceptors (Lipinski definition) is 3. The van der Waals surface area contributed by atoms with E-state index in [0.717, 1.165) is 5.56 Å². The zero-order chi connectivity index (χ0) is 14.5. The van der Waals surface area contributed by atoms with Crippen LogP contribution in [0.1, 0.15) is 15.9 Å². The number of anilines is 1. The molecular weight excluding hydrogens is 259 g/mol.